The summed E-state index contributed by atoms with van der Waals surface area (Å²) in [6.07, 6.45) is 0. The molecule has 1 aromatic heterocycles. The number of rotatable bonds is 9. The fraction of sp³-hybridized carbons (Fsp3) is 0.346. The van der Waals surface area contributed by atoms with Crippen LogP contribution in [-0.4, -0.2) is 57.2 Å². The SMILES string of the molecule is COc1ccc(CN2CCN(c3ccccc3C)CC2)cc1OCCNC(=O)c1cccs1. The maximum atomic E-state index is 12.1. The van der Waals surface area contributed by atoms with E-state index in [2.05, 4.69) is 52.4 Å². The minimum absolute atomic E-state index is 0.0702. The Hall–Kier alpha value is -3.03. The molecule has 0 saturated carbocycles. The Morgan fingerprint density at radius 3 is 2.58 bits per heavy atom. The van der Waals surface area contributed by atoms with Gasteiger partial charge in [0.05, 0.1) is 18.5 Å². The van der Waals surface area contributed by atoms with Crippen molar-refractivity contribution >= 4 is 22.9 Å². The van der Waals surface area contributed by atoms with E-state index in [9.17, 15) is 4.79 Å². The van der Waals surface area contributed by atoms with E-state index < -0.39 is 0 Å². The second-order valence-corrected chi connectivity index (χ2v) is 9.06. The Labute approximate surface area is 199 Å². The smallest absolute Gasteiger partial charge is 0.261 e. The zero-order valence-corrected chi connectivity index (χ0v) is 20.1. The van der Waals surface area contributed by atoms with Gasteiger partial charge in [0, 0.05) is 38.4 Å². The summed E-state index contributed by atoms with van der Waals surface area (Å²) in [6, 6.07) is 18.4. The number of thiophene rings is 1. The Kier molecular flexibility index (Phi) is 7.86. The number of para-hydroxylation sites is 1. The number of nitrogens with zero attached hydrogens (tertiary/aromatic N) is 2. The van der Waals surface area contributed by atoms with Crippen molar-refractivity contribution in [1.29, 1.82) is 0 Å². The van der Waals surface area contributed by atoms with Gasteiger partial charge in [0.15, 0.2) is 11.5 Å². The van der Waals surface area contributed by atoms with Gasteiger partial charge in [-0.3, -0.25) is 9.69 Å². The molecule has 0 atom stereocenters. The summed E-state index contributed by atoms with van der Waals surface area (Å²) in [5.74, 6) is 1.34. The molecule has 0 unspecified atom stereocenters. The number of piperazine rings is 1. The molecule has 1 aliphatic heterocycles. The first-order chi connectivity index (χ1) is 16.1. The summed E-state index contributed by atoms with van der Waals surface area (Å²) in [7, 11) is 1.64. The molecule has 2 heterocycles. The van der Waals surface area contributed by atoms with Crippen molar-refractivity contribution in [1.82, 2.24) is 10.2 Å². The fourth-order valence-electron chi connectivity index (χ4n) is 4.08. The first-order valence-corrected chi connectivity index (χ1v) is 12.2. The van der Waals surface area contributed by atoms with E-state index in [1.807, 2.05) is 29.6 Å². The van der Waals surface area contributed by atoms with Gasteiger partial charge in [0.1, 0.15) is 6.61 Å². The molecular weight excluding hydrogens is 434 g/mol. The standard InChI is InChI=1S/C26H31N3O3S/c1-20-6-3-4-7-22(20)29-14-12-28(13-15-29)19-21-9-10-23(31-2)24(18-21)32-16-11-27-26(30)25-8-5-17-33-25/h3-10,17-18H,11-16,19H2,1-2H3,(H,27,30). The number of carbonyl (C=O) groups is 1. The molecule has 174 valence electrons. The van der Waals surface area contributed by atoms with Gasteiger partial charge >= 0.3 is 0 Å². The highest BCUT2D eigenvalue weighted by Gasteiger charge is 2.19. The van der Waals surface area contributed by atoms with Crippen LogP contribution >= 0.6 is 11.3 Å². The Morgan fingerprint density at radius 2 is 1.85 bits per heavy atom. The Balaban J connectivity index is 1.28. The minimum Gasteiger partial charge on any atom is -0.493 e. The number of methoxy groups -OCH3 is 1. The number of hydrogen-bond acceptors (Lipinski definition) is 6. The first-order valence-electron chi connectivity index (χ1n) is 11.3. The van der Waals surface area contributed by atoms with Gasteiger partial charge in [-0.2, -0.15) is 0 Å². The lowest BCUT2D eigenvalue weighted by atomic mass is 10.1. The fourth-order valence-corrected chi connectivity index (χ4v) is 4.72. The van der Waals surface area contributed by atoms with Crippen LogP contribution in [0, 0.1) is 6.92 Å². The third-order valence-corrected chi connectivity index (χ3v) is 6.72. The predicted molar refractivity (Wildman–Crippen MR) is 134 cm³/mol. The van der Waals surface area contributed by atoms with E-state index in [4.69, 9.17) is 9.47 Å². The molecule has 1 saturated heterocycles. The summed E-state index contributed by atoms with van der Waals surface area (Å²) in [5.41, 5.74) is 3.86. The highest BCUT2D eigenvalue weighted by molar-refractivity contribution is 7.12. The molecule has 7 heteroatoms. The van der Waals surface area contributed by atoms with Crippen LogP contribution in [0.3, 0.4) is 0 Å². The number of ether oxygens (including phenoxy) is 2. The summed E-state index contributed by atoms with van der Waals surface area (Å²) >= 11 is 1.43. The maximum absolute atomic E-state index is 12.1. The largest absolute Gasteiger partial charge is 0.493 e. The number of hydrogen-bond donors (Lipinski definition) is 1. The maximum Gasteiger partial charge on any atom is 0.261 e. The van der Waals surface area contributed by atoms with Gasteiger partial charge in [-0.25, -0.2) is 0 Å². The first kappa shape index (κ1) is 23.1. The van der Waals surface area contributed by atoms with Crippen molar-refractivity contribution < 1.29 is 14.3 Å². The lowest BCUT2D eigenvalue weighted by Crippen LogP contribution is -2.46. The van der Waals surface area contributed by atoms with Gasteiger partial charge in [-0.15, -0.1) is 11.3 Å². The number of nitrogens with one attached hydrogen (secondary N) is 1. The van der Waals surface area contributed by atoms with Crippen LogP contribution in [0.15, 0.2) is 60.0 Å². The average molecular weight is 466 g/mol. The monoisotopic (exact) mass is 465 g/mol. The van der Waals surface area contributed by atoms with Gasteiger partial charge in [0.25, 0.3) is 5.91 Å². The van der Waals surface area contributed by atoms with Gasteiger partial charge < -0.3 is 19.7 Å². The molecule has 1 N–H and O–H groups in total. The summed E-state index contributed by atoms with van der Waals surface area (Å²) in [4.78, 5) is 17.7. The number of amides is 1. The van der Waals surface area contributed by atoms with Crippen molar-refractivity contribution in [2.24, 2.45) is 0 Å². The van der Waals surface area contributed by atoms with Gasteiger partial charge in [-0.05, 0) is 47.7 Å². The summed E-state index contributed by atoms with van der Waals surface area (Å²) in [5, 5.41) is 4.78. The minimum atomic E-state index is -0.0702. The van der Waals surface area contributed by atoms with Crippen LogP contribution in [0.25, 0.3) is 0 Å². The van der Waals surface area contributed by atoms with E-state index in [0.717, 1.165) is 32.7 Å². The van der Waals surface area contributed by atoms with E-state index in [1.54, 1.807) is 7.11 Å². The molecule has 0 aliphatic carbocycles. The second kappa shape index (κ2) is 11.2. The van der Waals surface area contributed by atoms with Crippen LogP contribution in [-0.2, 0) is 6.54 Å². The number of anilines is 1. The molecule has 0 radical (unpaired) electrons. The lowest BCUT2D eigenvalue weighted by Gasteiger charge is -2.36. The van der Waals surface area contributed by atoms with Crippen molar-refractivity contribution in [2.45, 2.75) is 13.5 Å². The summed E-state index contributed by atoms with van der Waals surface area (Å²) < 4.78 is 11.4. The molecule has 1 fully saturated rings. The quantitative estimate of drug-likeness (QED) is 0.480. The second-order valence-electron chi connectivity index (χ2n) is 8.12. The van der Waals surface area contributed by atoms with Crippen molar-refractivity contribution in [3.8, 4) is 11.5 Å². The molecule has 1 aliphatic rings. The highest BCUT2D eigenvalue weighted by Crippen LogP contribution is 2.29. The van der Waals surface area contributed by atoms with Crippen LogP contribution in [0.4, 0.5) is 5.69 Å². The zero-order valence-electron chi connectivity index (χ0n) is 19.3. The van der Waals surface area contributed by atoms with E-state index in [1.165, 1.54) is 28.2 Å². The molecule has 0 bridgehead atoms. The van der Waals surface area contributed by atoms with E-state index in [0.29, 0.717) is 29.5 Å². The molecule has 4 rings (SSSR count). The third kappa shape index (κ3) is 6.06. The Morgan fingerprint density at radius 1 is 1.03 bits per heavy atom. The van der Waals surface area contributed by atoms with Crippen LogP contribution in [0.2, 0.25) is 0 Å². The van der Waals surface area contributed by atoms with Gasteiger partial charge in [0.2, 0.25) is 0 Å². The van der Waals surface area contributed by atoms with Gasteiger partial charge in [-0.1, -0.05) is 30.3 Å². The lowest BCUT2D eigenvalue weighted by molar-refractivity contribution is 0.0951. The number of benzene rings is 2. The van der Waals surface area contributed by atoms with Crippen LogP contribution < -0.4 is 19.7 Å². The van der Waals surface area contributed by atoms with E-state index >= 15 is 0 Å². The zero-order chi connectivity index (χ0) is 23.0. The topological polar surface area (TPSA) is 54.0 Å². The molecule has 6 nitrogen and oxygen atoms in total. The normalized spacial score (nSPS) is 14.2. The van der Waals surface area contributed by atoms with Crippen LogP contribution in [0.1, 0.15) is 20.8 Å². The molecule has 33 heavy (non-hydrogen) atoms. The predicted octanol–water partition coefficient (Wildman–Crippen LogP) is 4.20. The third-order valence-electron chi connectivity index (χ3n) is 5.85. The molecular formula is C26H31N3O3S. The van der Waals surface area contributed by atoms with Crippen molar-refractivity contribution in [3.63, 3.8) is 0 Å². The molecule has 1 amide bonds. The number of carbonyl (C=O) groups excluding carboxylic acids is 1. The van der Waals surface area contributed by atoms with Crippen LogP contribution in [0.5, 0.6) is 11.5 Å². The van der Waals surface area contributed by atoms with E-state index in [-0.39, 0.29) is 5.91 Å². The average Bonchev–Trinajstić information content (AvgIpc) is 3.38. The molecule has 3 aromatic rings. The van der Waals surface area contributed by atoms with Crippen molar-refractivity contribution in [2.75, 3.05) is 51.3 Å². The highest BCUT2D eigenvalue weighted by atomic mass is 32.1. The molecule has 0 spiro atoms. The number of aryl methyl sites for hydroxylation is 1. The molecule has 2 aromatic carbocycles. The Bertz CT molecular complexity index is 1050. The van der Waals surface area contributed by atoms with Crippen molar-refractivity contribution in [3.05, 3.63) is 76.0 Å². The summed E-state index contributed by atoms with van der Waals surface area (Å²) in [6.45, 7) is 7.95.